The average molecular weight is 567 g/mol. The summed E-state index contributed by atoms with van der Waals surface area (Å²) in [4.78, 5) is 52.7. The topological polar surface area (TPSA) is 171 Å². The molecule has 2 aliphatic heterocycles. The van der Waals surface area contributed by atoms with Crippen molar-refractivity contribution in [3.63, 3.8) is 0 Å². The third kappa shape index (κ3) is 5.91. The third-order valence-electron chi connectivity index (χ3n) is 5.36. The molecule has 0 bridgehead atoms. The monoisotopic (exact) mass is 566 g/mol. The van der Waals surface area contributed by atoms with Gasteiger partial charge in [0.1, 0.15) is 23.2 Å². The first-order chi connectivity index (χ1) is 17.5. The SMILES string of the molecule is Cn1nnnc1SCC1=C(C(=O)O)N2C(=O)[C@H](NC(=O)C(NC(=O)NC(C)(C)C)c3cccs3)C2SC1. The Morgan fingerprint density at radius 2 is 2.08 bits per heavy atom. The van der Waals surface area contributed by atoms with Crippen LogP contribution in [0, 0.1) is 0 Å². The van der Waals surface area contributed by atoms with Crippen LogP contribution < -0.4 is 16.0 Å². The summed E-state index contributed by atoms with van der Waals surface area (Å²) in [7, 11) is 1.68. The Bertz CT molecular complexity index is 1240. The summed E-state index contributed by atoms with van der Waals surface area (Å²) in [6, 6.07) is 1.03. The summed E-state index contributed by atoms with van der Waals surface area (Å²) in [5.74, 6) is -1.63. The molecule has 4 rings (SSSR count). The van der Waals surface area contributed by atoms with E-state index in [1.54, 1.807) is 24.6 Å². The van der Waals surface area contributed by atoms with E-state index >= 15 is 0 Å². The molecular weight excluding hydrogens is 540 g/mol. The highest BCUT2D eigenvalue weighted by Gasteiger charge is 2.54. The Hall–Kier alpha value is -3.11. The van der Waals surface area contributed by atoms with Crippen LogP contribution in [-0.2, 0) is 21.4 Å². The van der Waals surface area contributed by atoms with E-state index in [9.17, 15) is 24.3 Å². The van der Waals surface area contributed by atoms with Gasteiger partial charge in [-0.1, -0.05) is 17.8 Å². The number of amides is 4. The van der Waals surface area contributed by atoms with Gasteiger partial charge in [-0.3, -0.25) is 14.5 Å². The van der Waals surface area contributed by atoms with E-state index in [0.29, 0.717) is 27.1 Å². The van der Waals surface area contributed by atoms with Gasteiger partial charge in [0.25, 0.3) is 5.91 Å². The van der Waals surface area contributed by atoms with Crippen LogP contribution in [0.15, 0.2) is 33.9 Å². The maximum Gasteiger partial charge on any atom is 0.352 e. The lowest BCUT2D eigenvalue weighted by atomic mass is 10.0. The summed E-state index contributed by atoms with van der Waals surface area (Å²) >= 11 is 3.94. The summed E-state index contributed by atoms with van der Waals surface area (Å²) < 4.78 is 1.48. The van der Waals surface area contributed by atoms with Gasteiger partial charge < -0.3 is 21.1 Å². The second-order valence-electron chi connectivity index (χ2n) is 9.32. The van der Waals surface area contributed by atoms with Gasteiger partial charge in [-0.2, -0.15) is 0 Å². The molecule has 0 aliphatic carbocycles. The molecule has 4 N–H and O–H groups in total. The highest BCUT2D eigenvalue weighted by molar-refractivity contribution is 8.01. The Morgan fingerprint density at radius 1 is 1.32 bits per heavy atom. The molecule has 2 aromatic rings. The van der Waals surface area contributed by atoms with Crippen LogP contribution in [0.1, 0.15) is 31.7 Å². The predicted octanol–water partition coefficient (Wildman–Crippen LogP) is 0.941. The van der Waals surface area contributed by atoms with Crippen molar-refractivity contribution in [3.8, 4) is 0 Å². The number of carbonyl (C=O) groups excluding carboxylic acids is 3. The van der Waals surface area contributed by atoms with Crippen molar-refractivity contribution in [1.82, 2.24) is 41.1 Å². The normalized spacial score (nSPS) is 20.1. The number of tetrazole rings is 1. The highest BCUT2D eigenvalue weighted by Crippen LogP contribution is 2.41. The number of fused-ring (bicyclic) bond motifs is 1. The molecule has 4 heterocycles. The molecule has 198 valence electrons. The summed E-state index contributed by atoms with van der Waals surface area (Å²) in [5.41, 5.74) is -0.0287. The minimum absolute atomic E-state index is 0.0839. The molecular formula is C21H26N8O5S3. The van der Waals surface area contributed by atoms with Gasteiger partial charge in [0.2, 0.25) is 11.1 Å². The number of carboxylic acids is 1. The van der Waals surface area contributed by atoms with Gasteiger partial charge >= 0.3 is 12.0 Å². The number of thioether (sulfide) groups is 2. The number of aryl methyl sites for hydroxylation is 1. The maximum absolute atomic E-state index is 13.2. The van der Waals surface area contributed by atoms with Crippen LogP contribution in [0.25, 0.3) is 0 Å². The van der Waals surface area contributed by atoms with E-state index in [-0.39, 0.29) is 5.70 Å². The number of carboxylic acid groups (broad SMARTS) is 1. The minimum atomic E-state index is -1.22. The Labute approximate surface area is 224 Å². The molecule has 4 amide bonds. The maximum atomic E-state index is 13.2. The fourth-order valence-corrected chi connectivity index (χ4v) is 6.86. The molecule has 2 unspecified atom stereocenters. The number of β-lactam (4-membered cyclic amide) rings is 1. The van der Waals surface area contributed by atoms with E-state index in [1.165, 1.54) is 44.4 Å². The smallest absolute Gasteiger partial charge is 0.352 e. The van der Waals surface area contributed by atoms with E-state index in [0.717, 1.165) is 0 Å². The molecule has 0 radical (unpaired) electrons. The molecule has 0 aromatic carbocycles. The summed E-state index contributed by atoms with van der Waals surface area (Å²) in [6.07, 6.45) is 0. The van der Waals surface area contributed by atoms with Crippen LogP contribution in [0.5, 0.6) is 0 Å². The molecule has 3 atom stereocenters. The van der Waals surface area contributed by atoms with Gasteiger partial charge in [0.05, 0.1) is 0 Å². The zero-order chi connectivity index (χ0) is 26.9. The first-order valence-electron chi connectivity index (χ1n) is 11.1. The first kappa shape index (κ1) is 26.9. The zero-order valence-electron chi connectivity index (χ0n) is 20.4. The number of nitrogens with zero attached hydrogens (tertiary/aromatic N) is 5. The number of carbonyl (C=O) groups is 4. The molecule has 1 fully saturated rings. The summed E-state index contributed by atoms with van der Waals surface area (Å²) in [5, 5.41) is 31.0. The zero-order valence-corrected chi connectivity index (χ0v) is 22.9. The molecule has 1 saturated heterocycles. The number of nitrogens with one attached hydrogen (secondary N) is 3. The minimum Gasteiger partial charge on any atom is -0.477 e. The summed E-state index contributed by atoms with van der Waals surface area (Å²) in [6.45, 7) is 5.46. The van der Waals surface area contributed by atoms with Gasteiger partial charge in [-0.25, -0.2) is 14.3 Å². The van der Waals surface area contributed by atoms with Crippen molar-refractivity contribution in [1.29, 1.82) is 0 Å². The lowest BCUT2D eigenvalue weighted by molar-refractivity contribution is -0.150. The number of hydrogen-bond donors (Lipinski definition) is 4. The van der Waals surface area contributed by atoms with E-state index in [2.05, 4.69) is 31.5 Å². The number of urea groups is 1. The molecule has 2 aromatic heterocycles. The molecule has 2 aliphatic rings. The van der Waals surface area contributed by atoms with Crippen molar-refractivity contribution >= 4 is 58.7 Å². The van der Waals surface area contributed by atoms with E-state index in [1.807, 2.05) is 20.8 Å². The Balaban J connectivity index is 1.47. The number of aliphatic carboxylic acids is 1. The molecule has 0 spiro atoms. The molecule has 13 nitrogen and oxygen atoms in total. The van der Waals surface area contributed by atoms with Crippen LogP contribution >= 0.6 is 34.9 Å². The lowest BCUT2D eigenvalue weighted by Crippen LogP contribution is -2.71. The van der Waals surface area contributed by atoms with Crippen molar-refractivity contribution in [3.05, 3.63) is 33.7 Å². The molecule has 37 heavy (non-hydrogen) atoms. The van der Waals surface area contributed by atoms with Crippen molar-refractivity contribution in [2.75, 3.05) is 11.5 Å². The van der Waals surface area contributed by atoms with Crippen molar-refractivity contribution in [2.24, 2.45) is 7.05 Å². The van der Waals surface area contributed by atoms with Crippen molar-refractivity contribution < 1.29 is 24.3 Å². The van der Waals surface area contributed by atoms with Gasteiger partial charge in [0.15, 0.2) is 0 Å². The van der Waals surface area contributed by atoms with Gasteiger partial charge in [-0.15, -0.1) is 28.2 Å². The van der Waals surface area contributed by atoms with Crippen LogP contribution in [0.4, 0.5) is 4.79 Å². The lowest BCUT2D eigenvalue weighted by Gasteiger charge is -2.49. The number of hydrogen-bond acceptors (Lipinski definition) is 10. The van der Waals surface area contributed by atoms with Crippen LogP contribution in [0.2, 0.25) is 0 Å². The fraction of sp³-hybridized carbons (Fsp3) is 0.476. The van der Waals surface area contributed by atoms with Crippen LogP contribution in [0.3, 0.4) is 0 Å². The highest BCUT2D eigenvalue weighted by atomic mass is 32.2. The predicted molar refractivity (Wildman–Crippen MR) is 138 cm³/mol. The van der Waals surface area contributed by atoms with Crippen molar-refractivity contribution in [2.45, 2.75) is 48.9 Å². The van der Waals surface area contributed by atoms with Gasteiger partial charge in [-0.05, 0) is 48.2 Å². The van der Waals surface area contributed by atoms with Gasteiger partial charge in [0, 0.05) is 29.0 Å². The molecule has 0 saturated carbocycles. The third-order valence-corrected chi connectivity index (χ3v) is 8.73. The number of rotatable bonds is 8. The second kappa shape index (κ2) is 10.7. The molecule has 16 heteroatoms. The quantitative estimate of drug-likeness (QED) is 0.266. The van der Waals surface area contributed by atoms with Crippen LogP contribution in [-0.4, -0.2) is 82.5 Å². The Kier molecular flexibility index (Phi) is 7.80. The Morgan fingerprint density at radius 3 is 2.68 bits per heavy atom. The number of aromatic nitrogens is 4. The van der Waals surface area contributed by atoms with E-state index < -0.39 is 46.8 Å². The fourth-order valence-electron chi connectivity index (χ4n) is 3.76. The largest absolute Gasteiger partial charge is 0.477 e. The average Bonchev–Trinajstić information content (AvgIpc) is 3.49. The first-order valence-corrected chi connectivity index (χ1v) is 14.1. The number of thiophene rings is 1. The van der Waals surface area contributed by atoms with E-state index in [4.69, 9.17) is 0 Å². The second-order valence-corrected chi connectivity index (χ2v) is 12.4. The standard InChI is InChI=1S/C21H26N8O5S3/c1-21(2,3)24-19(34)23-12(11-6-5-7-35-11)15(30)22-13-16(31)29-14(18(32)33)10(8-36-17(13)29)9-37-20-25-26-27-28(20)4/h5-7,12-13,17H,8-9H2,1-4H3,(H,22,30)(H,32,33)(H2,23,24,34)/t12?,13-,17?/m0/s1.